The van der Waals surface area contributed by atoms with Crippen LogP contribution in [0.3, 0.4) is 0 Å². The molecule has 0 aliphatic rings. The van der Waals surface area contributed by atoms with Gasteiger partial charge in [0.15, 0.2) is 0 Å². The van der Waals surface area contributed by atoms with Crippen molar-refractivity contribution in [1.82, 2.24) is 5.32 Å². The second-order valence-corrected chi connectivity index (χ2v) is 4.11. The number of hydrogen-bond donors (Lipinski definition) is 3. The number of rotatable bonds is 4. The minimum Gasteiger partial charge on any atom is -0.507 e. The number of carboxylic acid groups (broad SMARTS) is 1. The Morgan fingerprint density at radius 3 is 2.50 bits per heavy atom. The molecule has 0 saturated heterocycles. The molecule has 0 aliphatic heterocycles. The van der Waals surface area contributed by atoms with Crippen molar-refractivity contribution in [3.63, 3.8) is 0 Å². The summed E-state index contributed by atoms with van der Waals surface area (Å²) >= 11 is 0. The number of phenols is 1. The third-order valence-corrected chi connectivity index (χ3v) is 2.77. The molecule has 3 N–H and O–H groups in total. The number of nitrogens with one attached hydrogen (secondary N) is 1. The van der Waals surface area contributed by atoms with Gasteiger partial charge in [0.1, 0.15) is 17.1 Å². The summed E-state index contributed by atoms with van der Waals surface area (Å²) in [5, 5.41) is 20.7. The molecule has 98 valence electrons. The first-order valence-corrected chi connectivity index (χ1v) is 5.34. The molecule has 0 radical (unpaired) electrons. The number of aromatic hydroxyl groups is 1. The van der Waals surface area contributed by atoms with E-state index in [9.17, 15) is 19.1 Å². The van der Waals surface area contributed by atoms with Crippen molar-refractivity contribution in [2.45, 2.75) is 25.8 Å². The zero-order chi connectivity index (χ0) is 13.9. The Bertz CT molecular complexity index is 489. The Morgan fingerprint density at radius 1 is 1.44 bits per heavy atom. The molecule has 0 heterocycles. The molecule has 6 heteroatoms. The van der Waals surface area contributed by atoms with Crippen molar-refractivity contribution in [1.29, 1.82) is 0 Å². The standard InChI is InChI=1S/C12H14FNO4/c1-3-12(2,11(17)18)14-10(16)8-5-4-7(13)6-9(8)15/h4-6,15H,3H2,1-2H3,(H,14,16)(H,17,18). The van der Waals surface area contributed by atoms with Crippen LogP contribution in [0.2, 0.25) is 0 Å². The predicted molar refractivity (Wildman–Crippen MR) is 61.9 cm³/mol. The summed E-state index contributed by atoms with van der Waals surface area (Å²) in [6.07, 6.45) is 0.177. The van der Waals surface area contributed by atoms with E-state index in [1.165, 1.54) is 6.92 Å². The van der Waals surface area contributed by atoms with Gasteiger partial charge in [0.25, 0.3) is 5.91 Å². The zero-order valence-electron chi connectivity index (χ0n) is 10.0. The number of halogens is 1. The van der Waals surface area contributed by atoms with Crippen LogP contribution < -0.4 is 5.32 Å². The molecule has 1 amide bonds. The Kier molecular flexibility index (Phi) is 3.90. The highest BCUT2D eigenvalue weighted by atomic mass is 19.1. The van der Waals surface area contributed by atoms with Crippen LogP contribution in [0, 0.1) is 5.82 Å². The normalized spacial score (nSPS) is 13.7. The summed E-state index contributed by atoms with van der Waals surface area (Å²) in [4.78, 5) is 22.8. The van der Waals surface area contributed by atoms with Crippen LogP contribution >= 0.6 is 0 Å². The smallest absolute Gasteiger partial charge is 0.329 e. The van der Waals surface area contributed by atoms with Gasteiger partial charge in [0.05, 0.1) is 5.56 Å². The lowest BCUT2D eigenvalue weighted by Gasteiger charge is -2.24. The van der Waals surface area contributed by atoms with Crippen molar-refractivity contribution in [3.8, 4) is 5.75 Å². The van der Waals surface area contributed by atoms with Crippen LogP contribution in [0.25, 0.3) is 0 Å². The Balaban J connectivity index is 2.98. The van der Waals surface area contributed by atoms with Crippen LogP contribution in [-0.4, -0.2) is 27.6 Å². The van der Waals surface area contributed by atoms with Gasteiger partial charge in [-0.1, -0.05) is 6.92 Å². The lowest BCUT2D eigenvalue weighted by atomic mass is 9.98. The van der Waals surface area contributed by atoms with Gasteiger partial charge in [-0.2, -0.15) is 0 Å². The van der Waals surface area contributed by atoms with Gasteiger partial charge < -0.3 is 15.5 Å². The fourth-order valence-corrected chi connectivity index (χ4v) is 1.31. The summed E-state index contributed by atoms with van der Waals surface area (Å²) in [7, 11) is 0. The van der Waals surface area contributed by atoms with E-state index >= 15 is 0 Å². The fourth-order valence-electron chi connectivity index (χ4n) is 1.31. The predicted octanol–water partition coefficient (Wildman–Crippen LogP) is 1.51. The molecule has 0 bridgehead atoms. The molecule has 18 heavy (non-hydrogen) atoms. The number of benzene rings is 1. The van der Waals surface area contributed by atoms with Gasteiger partial charge in [-0.3, -0.25) is 4.79 Å². The summed E-state index contributed by atoms with van der Waals surface area (Å²) in [6, 6.07) is 2.90. The molecule has 1 atom stereocenters. The molecule has 1 aromatic rings. The Hall–Kier alpha value is -2.11. The number of carbonyl (C=O) groups is 2. The highest BCUT2D eigenvalue weighted by molar-refractivity contribution is 5.99. The van der Waals surface area contributed by atoms with E-state index in [0.717, 1.165) is 18.2 Å². The van der Waals surface area contributed by atoms with Crippen LogP contribution in [0.15, 0.2) is 18.2 Å². The van der Waals surface area contributed by atoms with Gasteiger partial charge in [0, 0.05) is 6.07 Å². The van der Waals surface area contributed by atoms with Gasteiger partial charge in [-0.05, 0) is 25.5 Å². The van der Waals surface area contributed by atoms with Crippen molar-refractivity contribution >= 4 is 11.9 Å². The first kappa shape index (κ1) is 14.0. The Labute approximate surface area is 103 Å². The van der Waals surface area contributed by atoms with Gasteiger partial charge in [-0.15, -0.1) is 0 Å². The minimum absolute atomic E-state index is 0.169. The summed E-state index contributed by atoms with van der Waals surface area (Å²) in [5.74, 6) is -3.16. The zero-order valence-corrected chi connectivity index (χ0v) is 10.0. The van der Waals surface area contributed by atoms with Crippen molar-refractivity contribution in [3.05, 3.63) is 29.6 Å². The molecule has 0 aromatic heterocycles. The maximum atomic E-state index is 12.8. The largest absolute Gasteiger partial charge is 0.507 e. The van der Waals surface area contributed by atoms with E-state index in [1.807, 2.05) is 0 Å². The van der Waals surface area contributed by atoms with Gasteiger partial charge in [-0.25, -0.2) is 9.18 Å². The highest BCUT2D eigenvalue weighted by Crippen LogP contribution is 2.19. The van der Waals surface area contributed by atoms with E-state index in [0.29, 0.717) is 0 Å². The molecule has 5 nitrogen and oxygen atoms in total. The molecule has 1 aromatic carbocycles. The average Bonchev–Trinajstić information content (AvgIpc) is 2.28. The number of carboxylic acids is 1. The van der Waals surface area contributed by atoms with E-state index in [4.69, 9.17) is 5.11 Å². The maximum Gasteiger partial charge on any atom is 0.329 e. The molecule has 1 unspecified atom stereocenters. The molecule has 0 saturated carbocycles. The first-order chi connectivity index (χ1) is 8.30. The van der Waals surface area contributed by atoms with E-state index in [2.05, 4.69) is 5.32 Å². The molecular weight excluding hydrogens is 241 g/mol. The van der Waals surface area contributed by atoms with Gasteiger partial charge >= 0.3 is 5.97 Å². The van der Waals surface area contributed by atoms with Crippen LogP contribution in [-0.2, 0) is 4.79 Å². The summed E-state index contributed by atoms with van der Waals surface area (Å²) in [5.41, 5.74) is -1.60. The minimum atomic E-state index is -1.43. The number of aliphatic carboxylic acids is 1. The molecule has 1 rings (SSSR count). The summed E-state index contributed by atoms with van der Waals surface area (Å²) < 4.78 is 12.8. The van der Waals surface area contributed by atoms with Crippen molar-refractivity contribution in [2.75, 3.05) is 0 Å². The van der Waals surface area contributed by atoms with Crippen molar-refractivity contribution < 1.29 is 24.2 Å². The quantitative estimate of drug-likeness (QED) is 0.761. The Morgan fingerprint density at radius 2 is 2.06 bits per heavy atom. The van der Waals surface area contributed by atoms with E-state index in [-0.39, 0.29) is 12.0 Å². The number of carbonyl (C=O) groups excluding carboxylic acids is 1. The first-order valence-electron chi connectivity index (χ1n) is 5.34. The number of phenolic OH excluding ortho intramolecular Hbond substituents is 1. The van der Waals surface area contributed by atoms with Crippen molar-refractivity contribution in [2.24, 2.45) is 0 Å². The third-order valence-electron chi connectivity index (χ3n) is 2.77. The average molecular weight is 255 g/mol. The van der Waals surface area contributed by atoms with E-state index < -0.39 is 29.0 Å². The third kappa shape index (κ3) is 2.77. The van der Waals surface area contributed by atoms with E-state index in [1.54, 1.807) is 6.92 Å². The monoisotopic (exact) mass is 255 g/mol. The maximum absolute atomic E-state index is 12.8. The fraction of sp³-hybridized carbons (Fsp3) is 0.333. The highest BCUT2D eigenvalue weighted by Gasteiger charge is 2.33. The lowest BCUT2D eigenvalue weighted by Crippen LogP contribution is -2.51. The molecular formula is C12H14FNO4. The SMILES string of the molecule is CCC(C)(NC(=O)c1ccc(F)cc1O)C(=O)O. The second kappa shape index (κ2) is 5.03. The number of hydrogen-bond acceptors (Lipinski definition) is 3. The number of amides is 1. The summed E-state index contributed by atoms with van der Waals surface area (Å²) in [6.45, 7) is 2.97. The molecule has 0 aliphatic carbocycles. The topological polar surface area (TPSA) is 86.6 Å². The lowest BCUT2D eigenvalue weighted by molar-refractivity contribution is -0.143. The van der Waals surface area contributed by atoms with Crippen LogP contribution in [0.4, 0.5) is 4.39 Å². The van der Waals surface area contributed by atoms with Crippen LogP contribution in [0.1, 0.15) is 30.6 Å². The van der Waals surface area contributed by atoms with Crippen LogP contribution in [0.5, 0.6) is 5.75 Å². The second-order valence-electron chi connectivity index (χ2n) is 4.11. The molecule has 0 spiro atoms. The van der Waals surface area contributed by atoms with Gasteiger partial charge in [0.2, 0.25) is 0 Å². The molecule has 0 fully saturated rings.